The molecule has 0 radical (unpaired) electrons. The SMILES string of the molecule is COCC(C1CC1)n1c(=O)c(C)nc2c(-c3ccc(OC)nc3C)nccc21. The van der Waals surface area contributed by atoms with Crippen LogP contribution in [0.5, 0.6) is 5.88 Å². The van der Waals surface area contributed by atoms with Crippen LogP contribution in [0, 0.1) is 19.8 Å². The summed E-state index contributed by atoms with van der Waals surface area (Å²) in [5.74, 6) is 1.01. The highest BCUT2D eigenvalue weighted by Crippen LogP contribution is 2.40. The Hall–Kier alpha value is -2.80. The molecule has 3 aromatic rings. The van der Waals surface area contributed by atoms with Crippen LogP contribution < -0.4 is 10.3 Å². The van der Waals surface area contributed by atoms with Gasteiger partial charge in [0.2, 0.25) is 5.88 Å². The summed E-state index contributed by atoms with van der Waals surface area (Å²) >= 11 is 0. The monoisotopic (exact) mass is 380 g/mol. The quantitative estimate of drug-likeness (QED) is 0.654. The maximum atomic E-state index is 13.0. The van der Waals surface area contributed by atoms with Gasteiger partial charge in [0.1, 0.15) is 11.2 Å². The van der Waals surface area contributed by atoms with Crippen molar-refractivity contribution >= 4 is 11.0 Å². The molecule has 0 amide bonds. The summed E-state index contributed by atoms with van der Waals surface area (Å²) in [6.45, 7) is 4.17. The zero-order valence-corrected chi connectivity index (χ0v) is 16.6. The third-order valence-electron chi connectivity index (χ3n) is 5.33. The fourth-order valence-electron chi connectivity index (χ4n) is 3.75. The Balaban J connectivity index is 1.97. The molecule has 1 aliphatic rings. The van der Waals surface area contributed by atoms with Crippen molar-refractivity contribution < 1.29 is 9.47 Å². The first kappa shape index (κ1) is 18.6. The van der Waals surface area contributed by atoms with Crippen molar-refractivity contribution in [2.45, 2.75) is 32.7 Å². The molecular weight excluding hydrogens is 356 g/mol. The molecule has 7 nitrogen and oxygen atoms in total. The lowest BCUT2D eigenvalue weighted by Crippen LogP contribution is -2.31. The van der Waals surface area contributed by atoms with Gasteiger partial charge >= 0.3 is 0 Å². The van der Waals surface area contributed by atoms with Gasteiger partial charge in [-0.15, -0.1) is 0 Å². The molecule has 1 atom stereocenters. The van der Waals surface area contributed by atoms with Gasteiger partial charge in [0.15, 0.2) is 0 Å². The van der Waals surface area contributed by atoms with Crippen molar-refractivity contribution in [3.05, 3.63) is 46.1 Å². The molecule has 7 heteroatoms. The van der Waals surface area contributed by atoms with Crippen LogP contribution in [0.1, 0.15) is 30.3 Å². The second kappa shape index (κ2) is 7.31. The third kappa shape index (κ3) is 3.16. The largest absolute Gasteiger partial charge is 0.481 e. The number of rotatable bonds is 6. The molecule has 0 N–H and O–H groups in total. The predicted molar refractivity (Wildman–Crippen MR) is 107 cm³/mol. The van der Waals surface area contributed by atoms with Crippen LogP contribution in [0.25, 0.3) is 22.3 Å². The summed E-state index contributed by atoms with van der Waals surface area (Å²) in [5, 5.41) is 0. The minimum Gasteiger partial charge on any atom is -0.481 e. The van der Waals surface area contributed by atoms with E-state index in [4.69, 9.17) is 9.47 Å². The number of pyridine rings is 2. The third-order valence-corrected chi connectivity index (χ3v) is 5.33. The first-order chi connectivity index (χ1) is 13.5. The highest BCUT2D eigenvalue weighted by Gasteiger charge is 2.34. The number of methoxy groups -OCH3 is 2. The van der Waals surface area contributed by atoms with Gasteiger partial charge in [-0.1, -0.05) is 0 Å². The van der Waals surface area contributed by atoms with Gasteiger partial charge in [-0.05, 0) is 44.7 Å². The molecule has 1 saturated carbocycles. The summed E-state index contributed by atoms with van der Waals surface area (Å²) in [7, 11) is 3.27. The molecule has 4 rings (SSSR count). The molecule has 1 aliphatic carbocycles. The summed E-state index contributed by atoms with van der Waals surface area (Å²) in [5.41, 5.74) is 4.27. The summed E-state index contributed by atoms with van der Waals surface area (Å²) in [6, 6.07) is 5.61. The van der Waals surface area contributed by atoms with Crippen LogP contribution in [0.4, 0.5) is 0 Å². The van der Waals surface area contributed by atoms with E-state index >= 15 is 0 Å². The molecule has 1 fully saturated rings. The van der Waals surface area contributed by atoms with Crippen LogP contribution in [-0.4, -0.2) is 40.3 Å². The Morgan fingerprint density at radius 1 is 1.14 bits per heavy atom. The second-order valence-corrected chi connectivity index (χ2v) is 7.25. The van der Waals surface area contributed by atoms with E-state index < -0.39 is 0 Å². The number of ether oxygens (including phenoxy) is 2. The molecule has 146 valence electrons. The van der Waals surface area contributed by atoms with Gasteiger partial charge < -0.3 is 9.47 Å². The van der Waals surface area contributed by atoms with E-state index in [2.05, 4.69) is 15.0 Å². The Bertz CT molecular complexity index is 1090. The van der Waals surface area contributed by atoms with E-state index in [0.717, 1.165) is 29.6 Å². The van der Waals surface area contributed by atoms with Gasteiger partial charge in [-0.2, -0.15) is 0 Å². The molecule has 28 heavy (non-hydrogen) atoms. The molecule has 0 bridgehead atoms. The van der Waals surface area contributed by atoms with Gasteiger partial charge in [0, 0.05) is 24.9 Å². The number of hydrogen-bond donors (Lipinski definition) is 0. The van der Waals surface area contributed by atoms with E-state index in [9.17, 15) is 4.79 Å². The van der Waals surface area contributed by atoms with E-state index in [1.54, 1.807) is 27.3 Å². The van der Waals surface area contributed by atoms with Crippen LogP contribution in [0.3, 0.4) is 0 Å². The molecular formula is C21H24N4O3. The molecule has 3 aromatic heterocycles. The van der Waals surface area contributed by atoms with Crippen molar-refractivity contribution in [3.63, 3.8) is 0 Å². The van der Waals surface area contributed by atoms with Crippen molar-refractivity contribution in [1.29, 1.82) is 0 Å². The van der Waals surface area contributed by atoms with Crippen molar-refractivity contribution in [3.8, 4) is 17.1 Å². The Kier molecular flexibility index (Phi) is 4.85. The lowest BCUT2D eigenvalue weighted by Gasteiger charge is -2.22. The van der Waals surface area contributed by atoms with Crippen LogP contribution >= 0.6 is 0 Å². The average Bonchev–Trinajstić information content (AvgIpc) is 3.53. The zero-order valence-electron chi connectivity index (χ0n) is 16.6. The van der Waals surface area contributed by atoms with Crippen molar-refractivity contribution in [2.75, 3.05) is 20.8 Å². The Morgan fingerprint density at radius 2 is 1.93 bits per heavy atom. The van der Waals surface area contributed by atoms with E-state index in [-0.39, 0.29) is 11.6 Å². The fraction of sp³-hybridized carbons (Fsp3) is 0.429. The van der Waals surface area contributed by atoms with E-state index in [1.165, 1.54) is 0 Å². The highest BCUT2D eigenvalue weighted by molar-refractivity contribution is 5.90. The topological polar surface area (TPSA) is 79.1 Å². The van der Waals surface area contributed by atoms with Gasteiger partial charge in [0.05, 0.1) is 36.7 Å². The van der Waals surface area contributed by atoms with Crippen LogP contribution in [0.2, 0.25) is 0 Å². The molecule has 0 spiro atoms. The highest BCUT2D eigenvalue weighted by atomic mass is 16.5. The Morgan fingerprint density at radius 3 is 2.57 bits per heavy atom. The van der Waals surface area contributed by atoms with Gasteiger partial charge in [0.25, 0.3) is 5.56 Å². The minimum atomic E-state index is -0.0665. The average molecular weight is 380 g/mol. The smallest absolute Gasteiger partial charge is 0.272 e. The van der Waals surface area contributed by atoms with Crippen molar-refractivity contribution in [1.82, 2.24) is 19.5 Å². The Labute approximate surface area is 163 Å². The lowest BCUT2D eigenvalue weighted by atomic mass is 10.1. The zero-order chi connectivity index (χ0) is 19.8. The number of aromatic nitrogens is 4. The number of hydrogen-bond acceptors (Lipinski definition) is 6. The van der Waals surface area contributed by atoms with Gasteiger partial charge in [-0.25, -0.2) is 9.97 Å². The molecule has 0 aromatic carbocycles. The lowest BCUT2D eigenvalue weighted by molar-refractivity contribution is 0.145. The van der Waals surface area contributed by atoms with Crippen LogP contribution in [0.15, 0.2) is 29.2 Å². The van der Waals surface area contributed by atoms with Crippen molar-refractivity contribution in [2.24, 2.45) is 5.92 Å². The second-order valence-electron chi connectivity index (χ2n) is 7.25. The van der Waals surface area contributed by atoms with E-state index in [1.807, 2.05) is 29.7 Å². The normalized spacial score (nSPS) is 15.0. The summed E-state index contributed by atoms with van der Waals surface area (Å²) in [4.78, 5) is 26.7. The molecule has 0 aliphatic heterocycles. The number of nitrogens with zero attached hydrogens (tertiary/aromatic N) is 4. The number of aryl methyl sites for hydroxylation is 2. The maximum Gasteiger partial charge on any atom is 0.272 e. The summed E-state index contributed by atoms with van der Waals surface area (Å²) in [6.07, 6.45) is 3.95. The predicted octanol–water partition coefficient (Wildman–Crippen LogP) is 3.08. The standard InChI is InChI=1S/C21H24N4O3/c1-12-15(7-8-18(23-12)28-4)19-20-16(9-10-22-19)25(21(26)13(2)24-20)17(11-27-3)14-5-6-14/h7-10,14,17H,5-6,11H2,1-4H3. The fourth-order valence-corrected chi connectivity index (χ4v) is 3.75. The first-order valence-corrected chi connectivity index (χ1v) is 9.44. The minimum absolute atomic E-state index is 0.00652. The maximum absolute atomic E-state index is 13.0. The summed E-state index contributed by atoms with van der Waals surface area (Å²) < 4.78 is 12.5. The number of fused-ring (bicyclic) bond motifs is 1. The molecule has 0 saturated heterocycles. The first-order valence-electron chi connectivity index (χ1n) is 9.44. The molecule has 3 heterocycles. The molecule has 1 unspecified atom stereocenters. The van der Waals surface area contributed by atoms with Crippen LogP contribution in [-0.2, 0) is 4.74 Å². The van der Waals surface area contributed by atoms with Gasteiger partial charge in [-0.3, -0.25) is 14.3 Å². The van der Waals surface area contributed by atoms with E-state index in [0.29, 0.717) is 35.3 Å².